The Morgan fingerprint density at radius 1 is 1.14 bits per heavy atom. The number of nitrogens with one attached hydrogen (secondary N) is 1. The molecule has 0 unspecified atom stereocenters. The average Bonchev–Trinajstić information content (AvgIpc) is 2.55. The van der Waals surface area contributed by atoms with Gasteiger partial charge in [-0.1, -0.05) is 6.07 Å². The molecular weight excluding hydrogens is 270 g/mol. The zero-order chi connectivity index (χ0) is 14.5. The van der Waals surface area contributed by atoms with Gasteiger partial charge < -0.3 is 19.5 Å². The highest BCUT2D eigenvalue weighted by Crippen LogP contribution is 2.30. The van der Waals surface area contributed by atoms with E-state index in [1.807, 2.05) is 18.2 Å². The van der Waals surface area contributed by atoms with E-state index in [1.54, 1.807) is 19.5 Å². The van der Waals surface area contributed by atoms with Gasteiger partial charge >= 0.3 is 0 Å². The van der Waals surface area contributed by atoms with Crippen LogP contribution in [0.15, 0.2) is 30.6 Å². The summed E-state index contributed by atoms with van der Waals surface area (Å²) >= 11 is 0. The van der Waals surface area contributed by atoms with Crippen LogP contribution >= 0.6 is 0 Å². The number of methoxy groups -OCH3 is 1. The zero-order valence-corrected chi connectivity index (χ0v) is 11.8. The van der Waals surface area contributed by atoms with Gasteiger partial charge in [-0.15, -0.1) is 0 Å². The number of aromatic nitrogens is 2. The third-order valence-corrected chi connectivity index (χ3v) is 3.17. The number of rotatable bonds is 5. The maximum atomic E-state index is 5.57. The Hall–Kier alpha value is -2.50. The number of hydrogen-bond acceptors (Lipinski definition) is 6. The fourth-order valence-corrected chi connectivity index (χ4v) is 2.07. The third-order valence-electron chi connectivity index (χ3n) is 3.17. The van der Waals surface area contributed by atoms with Crippen LogP contribution in [0.5, 0.6) is 17.2 Å². The molecule has 0 radical (unpaired) electrons. The summed E-state index contributed by atoms with van der Waals surface area (Å²) in [7, 11) is 1.59. The largest absolute Gasteiger partial charge is 0.494 e. The summed E-state index contributed by atoms with van der Waals surface area (Å²) in [6, 6.07) is 6.02. The quantitative estimate of drug-likeness (QED) is 0.906. The van der Waals surface area contributed by atoms with Crippen LogP contribution in [0.1, 0.15) is 5.56 Å². The molecule has 3 rings (SSSR count). The second kappa shape index (κ2) is 6.30. The lowest BCUT2D eigenvalue weighted by Crippen LogP contribution is -2.15. The maximum Gasteiger partial charge on any atom is 0.222 e. The highest BCUT2D eigenvalue weighted by atomic mass is 16.6. The summed E-state index contributed by atoms with van der Waals surface area (Å²) in [5, 5.41) is 3.17. The number of ether oxygens (including phenoxy) is 3. The van der Waals surface area contributed by atoms with Gasteiger partial charge in [0.1, 0.15) is 13.2 Å². The van der Waals surface area contributed by atoms with E-state index in [9.17, 15) is 0 Å². The molecule has 110 valence electrons. The highest BCUT2D eigenvalue weighted by Gasteiger charge is 2.11. The molecule has 1 aromatic carbocycles. The first-order chi connectivity index (χ1) is 10.3. The normalized spacial score (nSPS) is 12.8. The minimum Gasteiger partial charge on any atom is -0.494 e. The molecule has 6 heteroatoms. The summed E-state index contributed by atoms with van der Waals surface area (Å²) in [6.07, 6.45) is 4.13. The first-order valence-corrected chi connectivity index (χ1v) is 6.83. The molecule has 1 N–H and O–H groups in total. The van der Waals surface area contributed by atoms with Crippen LogP contribution in [-0.4, -0.2) is 36.8 Å². The van der Waals surface area contributed by atoms with Gasteiger partial charge in [0.25, 0.3) is 0 Å². The Morgan fingerprint density at radius 2 is 1.90 bits per heavy atom. The van der Waals surface area contributed by atoms with Crippen molar-refractivity contribution < 1.29 is 14.2 Å². The van der Waals surface area contributed by atoms with Gasteiger partial charge in [0, 0.05) is 6.54 Å². The number of nitrogens with zero attached hydrogens (tertiary/aromatic N) is 2. The predicted octanol–water partition coefficient (Wildman–Crippen LogP) is 1.91. The lowest BCUT2D eigenvalue weighted by atomic mass is 10.1. The lowest BCUT2D eigenvalue weighted by Gasteiger charge is -2.18. The van der Waals surface area contributed by atoms with Crippen molar-refractivity contribution in [1.29, 1.82) is 0 Å². The minimum absolute atomic E-state index is 0.591. The van der Waals surface area contributed by atoms with Crippen molar-refractivity contribution in [2.75, 3.05) is 32.2 Å². The van der Waals surface area contributed by atoms with Crippen molar-refractivity contribution in [2.45, 2.75) is 6.42 Å². The molecule has 1 aromatic heterocycles. The third kappa shape index (κ3) is 3.34. The Kier molecular flexibility index (Phi) is 4.04. The molecular formula is C15H17N3O3. The predicted molar refractivity (Wildman–Crippen MR) is 78.2 cm³/mol. The molecule has 0 amide bonds. The minimum atomic E-state index is 0.591. The Morgan fingerprint density at radius 3 is 2.67 bits per heavy atom. The number of hydrogen-bond donors (Lipinski definition) is 1. The first kappa shape index (κ1) is 13.5. The van der Waals surface area contributed by atoms with Crippen molar-refractivity contribution >= 4 is 5.95 Å². The van der Waals surface area contributed by atoms with Crippen LogP contribution in [0, 0.1) is 0 Å². The summed E-state index contributed by atoms with van der Waals surface area (Å²) in [5.41, 5.74) is 1.18. The van der Waals surface area contributed by atoms with E-state index in [0.29, 0.717) is 24.9 Å². The zero-order valence-electron chi connectivity index (χ0n) is 11.8. The van der Waals surface area contributed by atoms with E-state index in [2.05, 4.69) is 15.3 Å². The SMILES string of the molecule is COc1cnc(NCCc2ccc3c(c2)OCCO3)nc1. The Labute approximate surface area is 123 Å². The van der Waals surface area contributed by atoms with Gasteiger partial charge in [0.2, 0.25) is 5.95 Å². The number of fused-ring (bicyclic) bond motifs is 1. The van der Waals surface area contributed by atoms with Crippen molar-refractivity contribution in [1.82, 2.24) is 9.97 Å². The van der Waals surface area contributed by atoms with Crippen molar-refractivity contribution in [3.8, 4) is 17.2 Å². The maximum absolute atomic E-state index is 5.57. The van der Waals surface area contributed by atoms with Crippen LogP contribution in [-0.2, 0) is 6.42 Å². The van der Waals surface area contributed by atoms with Crippen LogP contribution in [0.4, 0.5) is 5.95 Å². The van der Waals surface area contributed by atoms with Crippen LogP contribution < -0.4 is 19.5 Å². The molecule has 2 aromatic rings. The van der Waals surface area contributed by atoms with Crippen molar-refractivity contribution in [3.63, 3.8) is 0 Å². The summed E-state index contributed by atoms with van der Waals surface area (Å²) < 4.78 is 16.1. The van der Waals surface area contributed by atoms with Gasteiger partial charge in [0.15, 0.2) is 17.2 Å². The molecule has 1 aliphatic rings. The average molecular weight is 287 g/mol. The molecule has 0 spiro atoms. The van der Waals surface area contributed by atoms with Gasteiger partial charge in [0.05, 0.1) is 19.5 Å². The van der Waals surface area contributed by atoms with Gasteiger partial charge in [-0.3, -0.25) is 0 Å². The summed E-state index contributed by atoms with van der Waals surface area (Å²) in [5.74, 6) is 2.87. The topological polar surface area (TPSA) is 65.5 Å². The van der Waals surface area contributed by atoms with E-state index in [4.69, 9.17) is 14.2 Å². The summed E-state index contributed by atoms with van der Waals surface area (Å²) in [4.78, 5) is 8.32. The molecule has 0 atom stereocenters. The fraction of sp³-hybridized carbons (Fsp3) is 0.333. The van der Waals surface area contributed by atoms with Crippen molar-refractivity contribution in [2.24, 2.45) is 0 Å². The number of benzene rings is 1. The smallest absolute Gasteiger partial charge is 0.222 e. The molecule has 0 bridgehead atoms. The lowest BCUT2D eigenvalue weighted by molar-refractivity contribution is 0.171. The van der Waals surface area contributed by atoms with E-state index in [0.717, 1.165) is 24.5 Å². The highest BCUT2D eigenvalue weighted by molar-refractivity contribution is 5.44. The second-order valence-electron chi connectivity index (χ2n) is 4.60. The molecule has 0 fully saturated rings. The van der Waals surface area contributed by atoms with Crippen molar-refractivity contribution in [3.05, 3.63) is 36.2 Å². The van der Waals surface area contributed by atoms with Gasteiger partial charge in [-0.25, -0.2) is 9.97 Å². The summed E-state index contributed by atoms with van der Waals surface area (Å²) in [6.45, 7) is 1.96. The molecule has 2 heterocycles. The van der Waals surface area contributed by atoms with Crippen LogP contribution in [0.25, 0.3) is 0 Å². The number of anilines is 1. The van der Waals surface area contributed by atoms with Crippen LogP contribution in [0.2, 0.25) is 0 Å². The molecule has 0 saturated carbocycles. The molecule has 0 aliphatic carbocycles. The standard InChI is InChI=1S/C15H17N3O3/c1-19-12-9-17-15(18-10-12)16-5-4-11-2-3-13-14(8-11)21-7-6-20-13/h2-3,8-10H,4-7H2,1H3,(H,16,17,18). The molecule has 0 saturated heterocycles. The van der Waals surface area contributed by atoms with E-state index < -0.39 is 0 Å². The van der Waals surface area contributed by atoms with E-state index in [-0.39, 0.29) is 0 Å². The molecule has 21 heavy (non-hydrogen) atoms. The molecule has 1 aliphatic heterocycles. The van der Waals surface area contributed by atoms with E-state index >= 15 is 0 Å². The van der Waals surface area contributed by atoms with Gasteiger partial charge in [-0.2, -0.15) is 0 Å². The first-order valence-electron chi connectivity index (χ1n) is 6.83. The van der Waals surface area contributed by atoms with Gasteiger partial charge in [-0.05, 0) is 24.1 Å². The Balaban J connectivity index is 1.55. The monoisotopic (exact) mass is 287 g/mol. The van der Waals surface area contributed by atoms with E-state index in [1.165, 1.54) is 5.56 Å². The Bertz CT molecular complexity index is 602. The van der Waals surface area contributed by atoms with Crippen LogP contribution in [0.3, 0.4) is 0 Å². The molecule has 6 nitrogen and oxygen atoms in total. The fourth-order valence-electron chi connectivity index (χ4n) is 2.07. The second-order valence-corrected chi connectivity index (χ2v) is 4.60.